The Morgan fingerprint density at radius 1 is 0.893 bits per heavy atom. The lowest BCUT2D eigenvalue weighted by Gasteiger charge is -2.34. The van der Waals surface area contributed by atoms with Crippen molar-refractivity contribution in [3.05, 3.63) is 107 Å². The van der Waals surface area contributed by atoms with Gasteiger partial charge in [0.25, 0.3) is 0 Å². The topological polar surface area (TPSA) is 83.7 Å². The van der Waals surface area contributed by atoms with Crippen molar-refractivity contribution < 1.29 is 14.6 Å². The second-order valence-corrected chi connectivity index (χ2v) is 16.1. The van der Waals surface area contributed by atoms with E-state index < -0.39 is 5.97 Å². The minimum absolute atomic E-state index is 0.0906. The van der Waals surface area contributed by atoms with Gasteiger partial charge in [-0.15, -0.1) is 0 Å². The Hall–Kier alpha value is -4.92. The van der Waals surface area contributed by atoms with Gasteiger partial charge in [0, 0.05) is 59.4 Å². The molecule has 8 rings (SSSR count). The number of carboxylic acid groups (broad SMARTS) is 1. The summed E-state index contributed by atoms with van der Waals surface area (Å²) >= 11 is 6.26. The number of rotatable bonds is 13. The highest BCUT2D eigenvalue weighted by molar-refractivity contribution is 6.30. The lowest BCUT2D eigenvalue weighted by molar-refractivity contribution is 0.0691. The Morgan fingerprint density at radius 3 is 2.50 bits per heavy atom. The van der Waals surface area contributed by atoms with Gasteiger partial charge in [0.05, 0.1) is 18.3 Å². The van der Waals surface area contributed by atoms with Gasteiger partial charge in [0.2, 0.25) is 0 Å². The van der Waals surface area contributed by atoms with Crippen LogP contribution in [0.1, 0.15) is 80.3 Å². The van der Waals surface area contributed by atoms with Crippen LogP contribution in [0.5, 0.6) is 5.75 Å². The van der Waals surface area contributed by atoms with Crippen molar-refractivity contribution in [1.29, 1.82) is 0 Å². The monoisotopic (exact) mass is 769 g/mol. The zero-order chi connectivity index (χ0) is 38.6. The molecule has 1 aliphatic heterocycles. The predicted molar refractivity (Wildman–Crippen MR) is 228 cm³/mol. The number of piperidine rings is 1. The molecule has 3 aromatic carbocycles. The van der Waals surface area contributed by atoms with Crippen molar-refractivity contribution in [2.24, 2.45) is 5.92 Å². The average Bonchev–Trinajstić information content (AvgIpc) is 3.61. The van der Waals surface area contributed by atoms with E-state index in [2.05, 4.69) is 70.0 Å². The Morgan fingerprint density at radius 2 is 1.71 bits per heavy atom. The molecule has 2 aliphatic rings. The first-order valence-electron chi connectivity index (χ1n) is 20.4. The lowest BCUT2D eigenvalue weighted by Crippen LogP contribution is -2.37. The number of nitrogens with zero attached hydrogens (tertiary/aromatic N) is 5. The number of aromatic carboxylic acids is 1. The van der Waals surface area contributed by atoms with Crippen molar-refractivity contribution in [1.82, 2.24) is 19.4 Å². The van der Waals surface area contributed by atoms with Crippen molar-refractivity contribution >= 4 is 45.2 Å². The quantitative estimate of drug-likeness (QED) is 0.125. The predicted octanol–water partition coefficient (Wildman–Crippen LogP) is 11.0. The number of pyridine rings is 2. The molecule has 0 spiro atoms. The summed E-state index contributed by atoms with van der Waals surface area (Å²) in [4.78, 5) is 27.2. The van der Waals surface area contributed by atoms with Gasteiger partial charge >= 0.3 is 5.97 Å². The Kier molecular flexibility index (Phi) is 11.6. The van der Waals surface area contributed by atoms with E-state index >= 15 is 0 Å². The van der Waals surface area contributed by atoms with Crippen LogP contribution in [0.3, 0.4) is 0 Å². The molecule has 3 aromatic heterocycles. The second kappa shape index (κ2) is 17.1. The number of carboxylic acids is 1. The van der Waals surface area contributed by atoms with E-state index in [1.54, 1.807) is 13.2 Å². The molecule has 0 radical (unpaired) electrons. The highest BCUT2D eigenvalue weighted by Gasteiger charge is 2.24. The minimum Gasteiger partial charge on any atom is -0.497 e. The van der Waals surface area contributed by atoms with Crippen LogP contribution in [-0.2, 0) is 6.54 Å². The first kappa shape index (κ1) is 38.0. The van der Waals surface area contributed by atoms with Crippen molar-refractivity contribution in [3.8, 4) is 28.1 Å². The van der Waals surface area contributed by atoms with Crippen LogP contribution in [0.2, 0.25) is 5.02 Å². The van der Waals surface area contributed by atoms with Crippen LogP contribution < -0.4 is 9.64 Å². The normalized spacial score (nSPS) is 16.7. The molecule has 1 aliphatic carbocycles. The summed E-state index contributed by atoms with van der Waals surface area (Å²) in [6.07, 6.45) is 12.0. The summed E-state index contributed by atoms with van der Waals surface area (Å²) in [5, 5.41) is 12.8. The fourth-order valence-electron chi connectivity index (χ4n) is 9.12. The highest BCUT2D eigenvalue weighted by atomic mass is 35.5. The third-order valence-electron chi connectivity index (χ3n) is 12.2. The molecule has 1 unspecified atom stereocenters. The van der Waals surface area contributed by atoms with Gasteiger partial charge in [-0.25, -0.2) is 14.8 Å². The third kappa shape index (κ3) is 8.14. The van der Waals surface area contributed by atoms with E-state index in [4.69, 9.17) is 26.3 Å². The molecule has 8 nitrogen and oxygen atoms in total. The number of methoxy groups -OCH3 is 1. The first-order chi connectivity index (χ1) is 27.4. The Bertz CT molecular complexity index is 2320. The molecule has 56 heavy (non-hydrogen) atoms. The van der Waals surface area contributed by atoms with Gasteiger partial charge < -0.3 is 24.2 Å². The molecule has 4 heterocycles. The maximum absolute atomic E-state index is 12.1. The number of aromatic nitrogens is 3. The molecule has 0 bridgehead atoms. The zero-order valence-corrected chi connectivity index (χ0v) is 33.3. The number of fused-ring (bicyclic) bond motifs is 2. The molecule has 1 atom stereocenters. The Labute approximate surface area is 335 Å². The first-order valence-corrected chi connectivity index (χ1v) is 20.8. The van der Waals surface area contributed by atoms with Crippen molar-refractivity contribution in [2.75, 3.05) is 44.7 Å². The van der Waals surface area contributed by atoms with Crippen LogP contribution in [0.15, 0.2) is 91.1 Å². The van der Waals surface area contributed by atoms with E-state index in [0.717, 1.165) is 88.4 Å². The molecule has 2 fully saturated rings. The fourth-order valence-corrected chi connectivity index (χ4v) is 9.25. The molecular formula is C47H52ClN5O3. The van der Waals surface area contributed by atoms with Gasteiger partial charge in [-0.1, -0.05) is 62.1 Å². The van der Waals surface area contributed by atoms with Gasteiger partial charge in [-0.3, -0.25) is 0 Å². The Balaban J connectivity index is 1.15. The van der Waals surface area contributed by atoms with Crippen LogP contribution in [0.4, 0.5) is 5.69 Å². The van der Waals surface area contributed by atoms with Crippen LogP contribution in [0, 0.1) is 5.92 Å². The van der Waals surface area contributed by atoms with E-state index in [9.17, 15) is 9.90 Å². The summed E-state index contributed by atoms with van der Waals surface area (Å²) in [5.74, 6) is 0.913. The van der Waals surface area contributed by atoms with Gasteiger partial charge in [0.15, 0.2) is 5.69 Å². The molecule has 0 amide bonds. The van der Waals surface area contributed by atoms with E-state index in [1.165, 1.54) is 57.1 Å². The van der Waals surface area contributed by atoms with Gasteiger partial charge in [-0.05, 0) is 134 Å². The highest BCUT2D eigenvalue weighted by Crippen LogP contribution is 2.39. The van der Waals surface area contributed by atoms with Crippen LogP contribution in [0.25, 0.3) is 44.3 Å². The number of anilines is 1. The largest absolute Gasteiger partial charge is 0.497 e. The SMILES string of the molecule is CCN1CCCC(CCN(CCn2cc(C3CCCCC3)c3ccc(C(=O)O)nc32)c2cccc3nc(-c4cc(OC)ccc4-c4ccc(Cl)cc4)ccc23)C1. The standard InChI is InChI=1S/C47H52ClN5O3/c1-3-51-25-8-9-32(30-51)24-26-52(27-28-53-31-41(33-10-5-4-6-11-33)38-20-23-44(47(54)55)50-46(38)53)45-13-7-12-42-39(45)21-22-43(49-42)40-29-36(56-2)18-19-37(40)34-14-16-35(48)17-15-34/h7,12-23,29,31-33H,3-6,8-11,24-28,30H2,1-2H3,(H,54,55). The summed E-state index contributed by atoms with van der Waals surface area (Å²) in [7, 11) is 1.69. The number of ether oxygens (including phenoxy) is 1. The van der Waals surface area contributed by atoms with Crippen LogP contribution in [-0.4, -0.2) is 70.3 Å². The molecular weight excluding hydrogens is 718 g/mol. The number of likely N-dealkylation sites (tertiary alicyclic amines) is 1. The summed E-state index contributed by atoms with van der Waals surface area (Å²) in [6, 6.07) is 28.5. The maximum Gasteiger partial charge on any atom is 0.354 e. The van der Waals surface area contributed by atoms with Gasteiger partial charge in [0.1, 0.15) is 11.4 Å². The van der Waals surface area contributed by atoms with E-state index in [-0.39, 0.29) is 5.69 Å². The smallest absolute Gasteiger partial charge is 0.354 e. The van der Waals surface area contributed by atoms with E-state index in [0.29, 0.717) is 23.4 Å². The molecule has 290 valence electrons. The lowest BCUT2D eigenvalue weighted by atomic mass is 9.84. The third-order valence-corrected chi connectivity index (χ3v) is 12.4. The van der Waals surface area contributed by atoms with Crippen molar-refractivity contribution in [3.63, 3.8) is 0 Å². The maximum atomic E-state index is 12.1. The minimum atomic E-state index is -0.994. The molecule has 9 heteroatoms. The van der Waals surface area contributed by atoms with Crippen molar-refractivity contribution in [2.45, 2.75) is 70.8 Å². The number of hydrogen-bond donors (Lipinski definition) is 1. The summed E-state index contributed by atoms with van der Waals surface area (Å²) in [6.45, 7) is 8.08. The van der Waals surface area contributed by atoms with E-state index in [1.807, 2.05) is 36.4 Å². The molecule has 1 N–H and O–H groups in total. The van der Waals surface area contributed by atoms with Gasteiger partial charge in [-0.2, -0.15) is 0 Å². The zero-order valence-electron chi connectivity index (χ0n) is 32.6. The number of benzene rings is 3. The second-order valence-electron chi connectivity index (χ2n) is 15.6. The average molecular weight is 770 g/mol. The van der Waals surface area contributed by atoms with Crippen LogP contribution >= 0.6 is 11.6 Å². The fraction of sp³-hybridized carbons (Fsp3) is 0.383. The summed E-state index contributed by atoms with van der Waals surface area (Å²) in [5.41, 5.74) is 8.27. The summed E-state index contributed by atoms with van der Waals surface area (Å²) < 4.78 is 7.89. The number of hydrogen-bond acceptors (Lipinski definition) is 6. The molecule has 1 saturated carbocycles. The number of halogens is 1. The molecule has 1 saturated heterocycles. The number of carbonyl (C=O) groups is 1. The molecule has 6 aromatic rings.